The van der Waals surface area contributed by atoms with Crippen LogP contribution in [0.3, 0.4) is 0 Å². The summed E-state index contributed by atoms with van der Waals surface area (Å²) in [7, 11) is -3.99. The number of hydrogen-bond acceptors (Lipinski definition) is 1. The van der Waals surface area contributed by atoms with Gasteiger partial charge in [-0.2, -0.15) is 0 Å². The monoisotopic (exact) mass is 507 g/mol. The summed E-state index contributed by atoms with van der Waals surface area (Å²) in [5, 5.41) is 0. The van der Waals surface area contributed by atoms with E-state index in [1.54, 1.807) is 0 Å². The van der Waals surface area contributed by atoms with Gasteiger partial charge in [-0.1, -0.05) is 132 Å². The van der Waals surface area contributed by atoms with E-state index in [9.17, 15) is 0 Å². The lowest BCUT2D eigenvalue weighted by molar-refractivity contribution is 0.761. The smallest absolute Gasteiger partial charge is 0.155 e. The fraction of sp³-hybridized carbons (Fsp3) is 0.562. The third-order valence-corrected chi connectivity index (χ3v) is 24.4. The second-order valence-corrected chi connectivity index (χ2v) is 24.3. The molecule has 0 heterocycles. The van der Waals surface area contributed by atoms with Crippen molar-refractivity contribution in [2.45, 2.75) is 116 Å². The van der Waals surface area contributed by atoms with Gasteiger partial charge in [0.05, 0.1) is 0 Å². The Morgan fingerprint density at radius 1 is 0.543 bits per heavy atom. The average Bonchev–Trinajstić information content (AvgIpc) is 2.77. The predicted molar refractivity (Wildman–Crippen MR) is 166 cm³/mol. The number of benzene rings is 2. The zero-order valence-corrected chi connectivity index (χ0v) is 26.8. The van der Waals surface area contributed by atoms with E-state index in [0.717, 1.165) is 5.57 Å². The molecule has 2 aromatic carbocycles. The molecule has 0 aromatic heterocycles. The molecule has 3 heteroatoms. The van der Waals surface area contributed by atoms with E-state index in [1.165, 1.54) is 16.8 Å². The highest BCUT2D eigenvalue weighted by atomic mass is 28.4. The summed E-state index contributed by atoms with van der Waals surface area (Å²) in [5.41, 5.74) is 8.97. The van der Waals surface area contributed by atoms with Crippen molar-refractivity contribution in [3.63, 3.8) is 0 Å². The van der Waals surface area contributed by atoms with Crippen LogP contribution in [-0.2, 0) is 0 Å². The summed E-state index contributed by atoms with van der Waals surface area (Å²) in [6, 6.07) is 20.1. The first-order chi connectivity index (χ1) is 16.3. The maximum Gasteiger partial charge on any atom is 0.155 e. The molecule has 0 aliphatic heterocycles. The number of anilines is 1. The summed E-state index contributed by atoms with van der Waals surface area (Å²) in [6.45, 7) is 34.8. The molecule has 2 aromatic rings. The Morgan fingerprint density at radius 3 is 1.29 bits per heavy atom. The third kappa shape index (κ3) is 5.13. The van der Waals surface area contributed by atoms with Gasteiger partial charge in [0.2, 0.25) is 0 Å². The van der Waals surface area contributed by atoms with Gasteiger partial charge in [-0.3, -0.25) is 0 Å². The standard InChI is InChI=1S/C32H53NSi2/c1-23(2)34(24(3)4,25(5)6)33(35(26(7)8,27(9)10)28(11)12)32-21-17-20-31(22-32)29(13)30-18-15-14-16-19-30/h14-28H,13H2,1-12H3. The number of rotatable bonds is 11. The molecule has 0 saturated carbocycles. The highest BCUT2D eigenvalue weighted by molar-refractivity contribution is 7.05. The minimum atomic E-state index is -1.99. The Bertz CT molecular complexity index is 881. The van der Waals surface area contributed by atoms with Gasteiger partial charge in [-0.15, -0.1) is 0 Å². The summed E-state index contributed by atoms with van der Waals surface area (Å²) in [5.74, 6) is 0. The highest BCUT2D eigenvalue weighted by Crippen LogP contribution is 2.55. The van der Waals surface area contributed by atoms with Crippen LogP contribution in [0.5, 0.6) is 0 Å². The zero-order chi connectivity index (χ0) is 26.7. The van der Waals surface area contributed by atoms with Gasteiger partial charge in [0.25, 0.3) is 0 Å². The SMILES string of the molecule is C=C(c1ccccc1)c1cccc(N([Si](C(C)C)(C(C)C)C(C)C)[Si](C(C)C)(C(C)C)C(C)C)c1. The van der Waals surface area contributed by atoms with Crippen LogP contribution >= 0.6 is 0 Å². The molecular formula is C32H53NSi2. The normalized spacial score (nSPS) is 13.1. The van der Waals surface area contributed by atoms with Crippen LogP contribution in [0.4, 0.5) is 5.69 Å². The number of hydrogen-bond donors (Lipinski definition) is 0. The quantitative estimate of drug-likeness (QED) is 0.273. The van der Waals surface area contributed by atoms with E-state index in [-0.39, 0.29) is 0 Å². The second-order valence-electron chi connectivity index (χ2n) is 12.4. The van der Waals surface area contributed by atoms with Crippen LogP contribution in [0.25, 0.3) is 5.57 Å². The minimum Gasteiger partial charge on any atom is -0.423 e. The molecule has 0 aliphatic carbocycles. The van der Waals surface area contributed by atoms with Gasteiger partial charge in [-0.05, 0) is 62.1 Å². The van der Waals surface area contributed by atoms with Crippen molar-refractivity contribution in [3.05, 3.63) is 72.3 Å². The van der Waals surface area contributed by atoms with Crippen LogP contribution in [0.1, 0.15) is 94.2 Å². The lowest BCUT2D eigenvalue weighted by Crippen LogP contribution is -2.74. The molecule has 0 aliphatic rings. The fourth-order valence-corrected chi connectivity index (χ4v) is 27.6. The van der Waals surface area contributed by atoms with Gasteiger partial charge < -0.3 is 4.23 Å². The molecule has 0 atom stereocenters. The first kappa shape index (κ1) is 29.6. The second kappa shape index (κ2) is 11.6. The minimum absolute atomic E-state index is 0.659. The molecule has 0 bridgehead atoms. The van der Waals surface area contributed by atoms with Crippen molar-refractivity contribution in [2.75, 3.05) is 4.23 Å². The summed E-state index contributed by atoms with van der Waals surface area (Å²) < 4.78 is 3.20. The molecular weight excluding hydrogens is 455 g/mol. The van der Waals surface area contributed by atoms with Gasteiger partial charge in [0.15, 0.2) is 16.5 Å². The molecule has 0 N–H and O–H groups in total. The van der Waals surface area contributed by atoms with Crippen molar-refractivity contribution >= 4 is 27.7 Å². The van der Waals surface area contributed by atoms with Gasteiger partial charge in [0.1, 0.15) is 0 Å². The van der Waals surface area contributed by atoms with Crippen molar-refractivity contribution in [1.29, 1.82) is 0 Å². The lowest BCUT2D eigenvalue weighted by Gasteiger charge is -2.64. The largest absolute Gasteiger partial charge is 0.423 e. The molecule has 35 heavy (non-hydrogen) atoms. The molecule has 1 nitrogen and oxygen atoms in total. The van der Waals surface area contributed by atoms with Gasteiger partial charge in [0, 0.05) is 5.69 Å². The van der Waals surface area contributed by atoms with E-state index < -0.39 is 16.5 Å². The molecule has 194 valence electrons. The van der Waals surface area contributed by atoms with Crippen LogP contribution in [-0.4, -0.2) is 16.5 Å². The summed E-state index contributed by atoms with van der Waals surface area (Å²) in [4.78, 5) is 0. The third-order valence-electron chi connectivity index (χ3n) is 8.90. The van der Waals surface area contributed by atoms with Crippen LogP contribution in [0.15, 0.2) is 61.2 Å². The molecule has 0 unspecified atom stereocenters. The van der Waals surface area contributed by atoms with Crippen molar-refractivity contribution in [3.8, 4) is 0 Å². The van der Waals surface area contributed by atoms with Crippen molar-refractivity contribution in [1.82, 2.24) is 0 Å². The fourth-order valence-electron chi connectivity index (χ4n) is 7.97. The van der Waals surface area contributed by atoms with Crippen molar-refractivity contribution < 1.29 is 0 Å². The molecule has 0 spiro atoms. The Labute approximate surface area is 220 Å². The summed E-state index contributed by atoms with van der Waals surface area (Å²) >= 11 is 0. The van der Waals surface area contributed by atoms with Crippen LogP contribution in [0.2, 0.25) is 33.2 Å². The van der Waals surface area contributed by atoms with E-state index in [4.69, 9.17) is 0 Å². The van der Waals surface area contributed by atoms with Crippen LogP contribution < -0.4 is 4.23 Å². The van der Waals surface area contributed by atoms with E-state index in [1.807, 2.05) is 0 Å². The first-order valence-corrected chi connectivity index (χ1v) is 18.3. The Kier molecular flexibility index (Phi) is 9.86. The molecule has 2 rings (SSSR count). The highest BCUT2D eigenvalue weighted by Gasteiger charge is 2.59. The topological polar surface area (TPSA) is 3.24 Å². The first-order valence-electron chi connectivity index (χ1n) is 13.9. The Morgan fingerprint density at radius 2 is 0.914 bits per heavy atom. The van der Waals surface area contributed by atoms with Crippen LogP contribution in [0, 0.1) is 0 Å². The molecule has 0 saturated heterocycles. The molecule has 0 fully saturated rings. The Balaban J connectivity index is 2.97. The van der Waals surface area contributed by atoms with E-state index in [0.29, 0.717) is 33.2 Å². The maximum absolute atomic E-state index is 4.53. The van der Waals surface area contributed by atoms with E-state index in [2.05, 4.69) is 148 Å². The predicted octanol–water partition coefficient (Wildman–Crippen LogP) is 10.9. The summed E-state index contributed by atoms with van der Waals surface area (Å²) in [6.07, 6.45) is 0. The number of nitrogens with zero attached hydrogens (tertiary/aromatic N) is 1. The van der Waals surface area contributed by atoms with Gasteiger partial charge >= 0.3 is 0 Å². The van der Waals surface area contributed by atoms with E-state index >= 15 is 0 Å². The van der Waals surface area contributed by atoms with Gasteiger partial charge in [-0.25, -0.2) is 0 Å². The lowest BCUT2D eigenvalue weighted by atomic mass is 9.99. The average molecular weight is 508 g/mol. The molecule has 0 amide bonds. The van der Waals surface area contributed by atoms with Crippen molar-refractivity contribution in [2.24, 2.45) is 0 Å². The zero-order valence-electron chi connectivity index (χ0n) is 24.8. The maximum atomic E-state index is 4.53. The Hall–Kier alpha value is -1.59. The molecule has 0 radical (unpaired) electrons.